The predicted molar refractivity (Wildman–Crippen MR) is 113 cm³/mol. The summed E-state index contributed by atoms with van der Waals surface area (Å²) in [4.78, 5) is 31.0. The van der Waals surface area contributed by atoms with Crippen LogP contribution in [0.2, 0.25) is 5.02 Å². The van der Waals surface area contributed by atoms with Crippen molar-refractivity contribution in [3.05, 3.63) is 69.4 Å². The molecule has 3 N–H and O–H groups in total. The lowest BCUT2D eigenvalue weighted by Gasteiger charge is -2.13. The molecule has 2 aromatic carbocycles. The molecule has 0 bridgehead atoms. The number of carbonyl (C=O) groups excluding carboxylic acids is 1. The fraction of sp³-hybridized carbons (Fsp3) is 0.105. The van der Waals surface area contributed by atoms with Crippen molar-refractivity contribution >= 4 is 46.3 Å². The number of nitro groups is 1. The van der Waals surface area contributed by atoms with Gasteiger partial charge in [-0.1, -0.05) is 23.7 Å². The highest BCUT2D eigenvalue weighted by Crippen LogP contribution is 2.32. The van der Waals surface area contributed by atoms with Gasteiger partial charge in [-0.2, -0.15) is 4.98 Å². The van der Waals surface area contributed by atoms with E-state index in [1.54, 1.807) is 24.3 Å². The molecule has 1 aromatic heterocycles. The van der Waals surface area contributed by atoms with Crippen LogP contribution in [-0.2, 0) is 0 Å². The van der Waals surface area contributed by atoms with Gasteiger partial charge < -0.3 is 20.7 Å². The Morgan fingerprint density at radius 1 is 1.17 bits per heavy atom. The third kappa shape index (κ3) is 4.55. The quantitative estimate of drug-likeness (QED) is 0.381. The Morgan fingerprint density at radius 3 is 2.63 bits per heavy atom. The SMILES string of the molecule is CNC(=O)c1ccccc1Nc1nc(Nc2cc([N+](=O)[O-])ccc2OC)ncc1Cl. The lowest BCUT2D eigenvalue weighted by atomic mass is 10.1. The van der Waals surface area contributed by atoms with Crippen molar-refractivity contribution in [2.45, 2.75) is 0 Å². The second-order valence-corrected chi connectivity index (χ2v) is 6.31. The summed E-state index contributed by atoms with van der Waals surface area (Å²) >= 11 is 6.21. The first-order chi connectivity index (χ1) is 14.4. The number of rotatable bonds is 7. The summed E-state index contributed by atoms with van der Waals surface area (Å²) in [6, 6.07) is 11.0. The molecule has 0 atom stereocenters. The standard InChI is InChI=1S/C19H17ClN6O4/c1-21-18(27)12-5-3-4-6-14(12)23-17-13(20)10-22-19(25-17)24-15-9-11(26(28)29)7-8-16(15)30-2/h3-10H,1-2H3,(H,21,27)(H2,22,23,24,25). The average Bonchev–Trinajstić information content (AvgIpc) is 2.75. The van der Waals surface area contributed by atoms with E-state index in [1.807, 2.05) is 0 Å². The van der Waals surface area contributed by atoms with Crippen LogP contribution in [0.3, 0.4) is 0 Å². The van der Waals surface area contributed by atoms with Crippen LogP contribution in [0.25, 0.3) is 0 Å². The van der Waals surface area contributed by atoms with E-state index in [1.165, 1.54) is 38.6 Å². The zero-order chi connectivity index (χ0) is 21.7. The minimum Gasteiger partial charge on any atom is -0.495 e. The summed E-state index contributed by atoms with van der Waals surface area (Å²) in [5, 5.41) is 19.8. The molecule has 0 saturated carbocycles. The Kier molecular flexibility index (Phi) is 6.28. The van der Waals surface area contributed by atoms with Crippen molar-refractivity contribution < 1.29 is 14.5 Å². The van der Waals surface area contributed by atoms with Crippen molar-refractivity contribution in [3.63, 3.8) is 0 Å². The molecule has 0 aliphatic heterocycles. The lowest BCUT2D eigenvalue weighted by Crippen LogP contribution is -2.19. The van der Waals surface area contributed by atoms with Crippen LogP contribution in [-0.4, -0.2) is 35.0 Å². The van der Waals surface area contributed by atoms with Crippen molar-refractivity contribution in [3.8, 4) is 5.75 Å². The summed E-state index contributed by atoms with van der Waals surface area (Å²) in [5.74, 6) is 0.467. The number of methoxy groups -OCH3 is 1. The lowest BCUT2D eigenvalue weighted by molar-refractivity contribution is -0.384. The Bertz CT molecular complexity index is 1110. The maximum atomic E-state index is 12.1. The van der Waals surface area contributed by atoms with Gasteiger partial charge in [0.2, 0.25) is 5.95 Å². The van der Waals surface area contributed by atoms with Crippen LogP contribution in [0.15, 0.2) is 48.7 Å². The molecule has 0 radical (unpaired) electrons. The summed E-state index contributed by atoms with van der Waals surface area (Å²) in [6.45, 7) is 0. The van der Waals surface area contributed by atoms with Gasteiger partial charge in [-0.05, 0) is 18.2 Å². The number of nitro benzene ring substituents is 1. The van der Waals surface area contributed by atoms with Crippen LogP contribution in [0.1, 0.15) is 10.4 Å². The highest BCUT2D eigenvalue weighted by molar-refractivity contribution is 6.33. The van der Waals surface area contributed by atoms with Gasteiger partial charge in [0.15, 0.2) is 5.82 Å². The minimum atomic E-state index is -0.518. The zero-order valence-corrected chi connectivity index (χ0v) is 16.7. The van der Waals surface area contributed by atoms with E-state index >= 15 is 0 Å². The number of anilines is 4. The number of benzene rings is 2. The number of hydrogen-bond acceptors (Lipinski definition) is 8. The molecule has 0 unspecified atom stereocenters. The van der Waals surface area contributed by atoms with Gasteiger partial charge in [-0.3, -0.25) is 14.9 Å². The molecular weight excluding hydrogens is 412 g/mol. The third-order valence-electron chi connectivity index (χ3n) is 4.04. The van der Waals surface area contributed by atoms with E-state index < -0.39 is 4.92 Å². The van der Waals surface area contributed by atoms with Crippen LogP contribution in [0.4, 0.5) is 28.8 Å². The second-order valence-electron chi connectivity index (χ2n) is 5.91. The molecule has 0 saturated heterocycles. The van der Waals surface area contributed by atoms with Crippen molar-refractivity contribution in [1.29, 1.82) is 0 Å². The Labute approximate surface area is 176 Å². The number of ether oxygens (including phenoxy) is 1. The normalized spacial score (nSPS) is 10.2. The summed E-state index contributed by atoms with van der Waals surface area (Å²) in [5.41, 5.74) is 1.09. The Morgan fingerprint density at radius 2 is 1.93 bits per heavy atom. The minimum absolute atomic E-state index is 0.120. The molecule has 154 valence electrons. The number of nitrogens with one attached hydrogen (secondary N) is 3. The molecule has 10 nitrogen and oxygen atoms in total. The molecule has 11 heteroatoms. The first kappa shape index (κ1) is 20.8. The second kappa shape index (κ2) is 9.05. The zero-order valence-electron chi connectivity index (χ0n) is 16.0. The summed E-state index contributed by atoms with van der Waals surface area (Å²) < 4.78 is 5.23. The highest BCUT2D eigenvalue weighted by atomic mass is 35.5. The van der Waals surface area contributed by atoms with Gasteiger partial charge in [0, 0.05) is 19.2 Å². The van der Waals surface area contributed by atoms with E-state index in [4.69, 9.17) is 16.3 Å². The van der Waals surface area contributed by atoms with Gasteiger partial charge in [0.05, 0.1) is 35.2 Å². The van der Waals surface area contributed by atoms with E-state index in [-0.39, 0.29) is 28.4 Å². The third-order valence-corrected chi connectivity index (χ3v) is 4.31. The predicted octanol–water partition coefficient (Wildman–Crippen LogP) is 3.89. The summed E-state index contributed by atoms with van der Waals surface area (Å²) in [6.07, 6.45) is 1.37. The van der Waals surface area contributed by atoms with Crippen LogP contribution >= 0.6 is 11.6 Å². The number of non-ortho nitro benzene ring substituents is 1. The molecule has 30 heavy (non-hydrogen) atoms. The van der Waals surface area contributed by atoms with E-state index in [0.29, 0.717) is 22.7 Å². The monoisotopic (exact) mass is 428 g/mol. The van der Waals surface area contributed by atoms with Gasteiger partial charge in [-0.15, -0.1) is 0 Å². The first-order valence-corrected chi connectivity index (χ1v) is 9.01. The van der Waals surface area contributed by atoms with Crippen LogP contribution in [0, 0.1) is 10.1 Å². The number of halogens is 1. The van der Waals surface area contributed by atoms with Crippen molar-refractivity contribution in [1.82, 2.24) is 15.3 Å². The van der Waals surface area contributed by atoms with Crippen LogP contribution < -0.4 is 20.7 Å². The Balaban J connectivity index is 1.93. The molecule has 3 aromatic rings. The van der Waals surface area contributed by atoms with Gasteiger partial charge in [-0.25, -0.2) is 4.98 Å². The van der Waals surface area contributed by atoms with E-state index in [2.05, 4.69) is 25.9 Å². The fourth-order valence-electron chi connectivity index (χ4n) is 2.60. The number of nitrogens with zero attached hydrogens (tertiary/aromatic N) is 3. The number of hydrogen-bond donors (Lipinski definition) is 3. The molecule has 0 aliphatic rings. The van der Waals surface area contributed by atoms with Crippen molar-refractivity contribution in [2.75, 3.05) is 24.8 Å². The number of para-hydroxylation sites is 1. The molecule has 3 rings (SSSR count). The largest absolute Gasteiger partial charge is 0.495 e. The average molecular weight is 429 g/mol. The smallest absolute Gasteiger partial charge is 0.271 e. The highest BCUT2D eigenvalue weighted by Gasteiger charge is 2.15. The number of amides is 1. The molecule has 1 amide bonds. The number of aromatic nitrogens is 2. The van der Waals surface area contributed by atoms with Crippen molar-refractivity contribution in [2.24, 2.45) is 0 Å². The fourth-order valence-corrected chi connectivity index (χ4v) is 2.73. The van der Waals surface area contributed by atoms with E-state index in [9.17, 15) is 14.9 Å². The summed E-state index contributed by atoms with van der Waals surface area (Å²) in [7, 11) is 2.98. The molecule has 0 fully saturated rings. The molecule has 1 heterocycles. The maximum Gasteiger partial charge on any atom is 0.271 e. The van der Waals surface area contributed by atoms with Crippen LogP contribution in [0.5, 0.6) is 5.75 Å². The Hall–Kier alpha value is -3.92. The molecular formula is C19H17ClN6O4. The van der Waals surface area contributed by atoms with Gasteiger partial charge in [0.1, 0.15) is 10.8 Å². The van der Waals surface area contributed by atoms with E-state index in [0.717, 1.165) is 0 Å². The van der Waals surface area contributed by atoms with Gasteiger partial charge >= 0.3 is 0 Å². The molecule has 0 spiro atoms. The molecule has 0 aliphatic carbocycles. The topological polar surface area (TPSA) is 131 Å². The first-order valence-electron chi connectivity index (χ1n) is 8.63. The van der Waals surface area contributed by atoms with Gasteiger partial charge in [0.25, 0.3) is 11.6 Å². The number of carbonyl (C=O) groups is 1. The maximum absolute atomic E-state index is 12.1.